The van der Waals surface area contributed by atoms with E-state index in [1.165, 1.54) is 4.90 Å². The minimum atomic E-state index is -0.504. The number of nitrogens with zero attached hydrogens (tertiary/aromatic N) is 4. The van der Waals surface area contributed by atoms with Crippen molar-refractivity contribution in [3.8, 4) is 16.9 Å². The average Bonchev–Trinajstić information content (AvgIpc) is 3.36. The van der Waals surface area contributed by atoms with Crippen LogP contribution in [0.5, 0.6) is 5.75 Å². The summed E-state index contributed by atoms with van der Waals surface area (Å²) in [6.45, 7) is 0.775. The monoisotopic (exact) mass is 518 g/mol. The van der Waals surface area contributed by atoms with Crippen LogP contribution in [0, 0.1) is 0 Å². The van der Waals surface area contributed by atoms with Gasteiger partial charge in [0.15, 0.2) is 0 Å². The molecule has 2 amide bonds. The molecule has 0 saturated carbocycles. The molecule has 4 rings (SSSR count). The number of benzene rings is 1. The average molecular weight is 520 g/mol. The Morgan fingerprint density at radius 1 is 1.25 bits per heavy atom. The van der Waals surface area contributed by atoms with Crippen molar-refractivity contribution in [2.75, 3.05) is 18.8 Å². The predicted molar refractivity (Wildman–Crippen MR) is 123 cm³/mol. The van der Waals surface area contributed by atoms with E-state index in [1.54, 1.807) is 41.3 Å². The van der Waals surface area contributed by atoms with Crippen LogP contribution < -0.4 is 15.8 Å². The zero-order chi connectivity index (χ0) is 22.8. The summed E-state index contributed by atoms with van der Waals surface area (Å²) in [5.74, 6) is 0.128. The van der Waals surface area contributed by atoms with Crippen LogP contribution in [0.3, 0.4) is 0 Å². The molecule has 0 spiro atoms. The highest BCUT2D eigenvalue weighted by Gasteiger charge is 2.29. The van der Waals surface area contributed by atoms with Crippen LogP contribution in [0.4, 0.5) is 10.6 Å². The third-order valence-electron chi connectivity index (χ3n) is 5.02. The Hall–Kier alpha value is -3.11. The highest BCUT2D eigenvalue weighted by atomic mass is 79.9. The third kappa shape index (κ3) is 5.03. The number of rotatable bonds is 4. The zero-order valence-corrected chi connectivity index (χ0v) is 19.4. The summed E-state index contributed by atoms with van der Waals surface area (Å²) in [5, 5.41) is 7.52. The van der Waals surface area contributed by atoms with Gasteiger partial charge in [-0.3, -0.25) is 9.48 Å². The number of ether oxygens (including phenoxy) is 1. The molecule has 0 radical (unpaired) electrons. The number of halogens is 2. The number of likely N-dealkylation sites (tertiary alicyclic amines) is 1. The normalized spacial score (nSPS) is 15.6. The van der Waals surface area contributed by atoms with Gasteiger partial charge in [-0.25, -0.2) is 9.78 Å². The summed E-state index contributed by atoms with van der Waals surface area (Å²) in [6.07, 6.45) is 5.21. The van der Waals surface area contributed by atoms with Gasteiger partial charge >= 0.3 is 6.09 Å². The summed E-state index contributed by atoms with van der Waals surface area (Å²) >= 11 is 9.31. The fourth-order valence-corrected chi connectivity index (χ4v) is 4.27. The maximum absolute atomic E-state index is 12.8. The standard InChI is InChI=1S/C21H20BrClN6O3/c1-28-10-13(9-26-28)12-4-18(19(24)25-8-12)20(30)27-16-2-3-29(11-16)21(31)32-17-6-14(22)5-15(23)7-17/h4-10,16H,2-3,11H2,1H3,(H2,24,25)(H,27,30)/t16-/m1/s1. The largest absolute Gasteiger partial charge is 0.415 e. The molecular weight excluding hydrogens is 500 g/mol. The number of amides is 2. The lowest BCUT2D eigenvalue weighted by molar-refractivity contribution is 0.0937. The number of hydrogen-bond donors (Lipinski definition) is 2. The van der Waals surface area contributed by atoms with E-state index < -0.39 is 6.09 Å². The smallest absolute Gasteiger partial charge is 0.410 e. The predicted octanol–water partition coefficient (Wildman–Crippen LogP) is 3.48. The van der Waals surface area contributed by atoms with Crippen molar-refractivity contribution < 1.29 is 14.3 Å². The quantitative estimate of drug-likeness (QED) is 0.545. The lowest BCUT2D eigenvalue weighted by Crippen LogP contribution is -2.39. The van der Waals surface area contributed by atoms with Gasteiger partial charge in [0.05, 0.1) is 11.8 Å². The van der Waals surface area contributed by atoms with Crippen molar-refractivity contribution in [2.24, 2.45) is 7.05 Å². The molecule has 0 bridgehead atoms. The van der Waals surface area contributed by atoms with Crippen LogP contribution in [0.2, 0.25) is 5.02 Å². The Morgan fingerprint density at radius 3 is 2.78 bits per heavy atom. The summed E-state index contributed by atoms with van der Waals surface area (Å²) in [6, 6.07) is 6.37. The molecule has 9 nitrogen and oxygen atoms in total. The van der Waals surface area contributed by atoms with Gasteiger partial charge in [0.2, 0.25) is 0 Å². The van der Waals surface area contributed by atoms with Crippen LogP contribution >= 0.6 is 27.5 Å². The van der Waals surface area contributed by atoms with Crippen LogP contribution in [0.1, 0.15) is 16.8 Å². The van der Waals surface area contributed by atoms with E-state index in [2.05, 4.69) is 31.3 Å². The van der Waals surface area contributed by atoms with Gasteiger partial charge in [-0.1, -0.05) is 27.5 Å². The maximum atomic E-state index is 12.8. The first kappa shape index (κ1) is 22.1. The molecule has 1 aliphatic heterocycles. The molecule has 0 unspecified atom stereocenters. The van der Waals surface area contributed by atoms with E-state index in [0.29, 0.717) is 34.8 Å². The molecule has 3 heterocycles. The second-order valence-corrected chi connectivity index (χ2v) is 8.79. The van der Waals surface area contributed by atoms with Gasteiger partial charge in [-0.05, 0) is 30.7 Å². The Balaban J connectivity index is 1.39. The van der Waals surface area contributed by atoms with Crippen LogP contribution in [0.25, 0.3) is 11.1 Å². The van der Waals surface area contributed by atoms with Gasteiger partial charge in [0.1, 0.15) is 11.6 Å². The topological polar surface area (TPSA) is 115 Å². The van der Waals surface area contributed by atoms with E-state index in [4.69, 9.17) is 22.1 Å². The molecule has 1 saturated heterocycles. The molecule has 11 heteroatoms. The van der Waals surface area contributed by atoms with Crippen LogP contribution in [0.15, 0.2) is 47.3 Å². The number of nitrogens with one attached hydrogen (secondary N) is 1. The van der Waals surface area contributed by atoms with Crippen molar-refractivity contribution >= 4 is 45.3 Å². The molecule has 1 fully saturated rings. The van der Waals surface area contributed by atoms with Gasteiger partial charge in [-0.15, -0.1) is 0 Å². The number of hydrogen-bond acceptors (Lipinski definition) is 6. The van der Waals surface area contributed by atoms with Gasteiger partial charge < -0.3 is 20.7 Å². The van der Waals surface area contributed by atoms with E-state index >= 15 is 0 Å². The van der Waals surface area contributed by atoms with Crippen molar-refractivity contribution in [1.82, 2.24) is 25.0 Å². The number of aromatic nitrogens is 3. The lowest BCUT2D eigenvalue weighted by Gasteiger charge is -2.17. The van der Waals surface area contributed by atoms with Crippen molar-refractivity contribution in [3.63, 3.8) is 0 Å². The van der Waals surface area contributed by atoms with Crippen molar-refractivity contribution in [3.05, 3.63) is 57.9 Å². The van der Waals surface area contributed by atoms with E-state index in [1.807, 2.05) is 13.2 Å². The molecule has 1 aromatic carbocycles. The number of aryl methyl sites for hydroxylation is 1. The first-order valence-corrected chi connectivity index (χ1v) is 10.9. The van der Waals surface area contributed by atoms with E-state index in [9.17, 15) is 9.59 Å². The van der Waals surface area contributed by atoms with Crippen LogP contribution in [-0.4, -0.2) is 50.8 Å². The number of carbonyl (C=O) groups excluding carboxylic acids is 2. The summed E-state index contributed by atoms with van der Waals surface area (Å²) in [4.78, 5) is 31.0. The maximum Gasteiger partial charge on any atom is 0.415 e. The first-order chi connectivity index (χ1) is 15.3. The number of anilines is 1. The molecule has 0 aliphatic carbocycles. The first-order valence-electron chi connectivity index (χ1n) is 9.77. The lowest BCUT2D eigenvalue weighted by atomic mass is 10.1. The Bertz CT molecular complexity index is 1160. The van der Waals surface area contributed by atoms with Crippen molar-refractivity contribution in [1.29, 1.82) is 0 Å². The molecule has 166 valence electrons. The summed E-state index contributed by atoms with van der Waals surface area (Å²) in [7, 11) is 1.81. The molecule has 3 aromatic rings. The highest BCUT2D eigenvalue weighted by molar-refractivity contribution is 9.10. The Labute approximate surface area is 197 Å². The van der Waals surface area contributed by atoms with Crippen molar-refractivity contribution in [2.45, 2.75) is 12.5 Å². The molecule has 3 N–H and O–H groups in total. The highest BCUT2D eigenvalue weighted by Crippen LogP contribution is 2.26. The molecular formula is C21H20BrClN6O3. The Morgan fingerprint density at radius 2 is 2.06 bits per heavy atom. The zero-order valence-electron chi connectivity index (χ0n) is 17.1. The summed E-state index contributed by atoms with van der Waals surface area (Å²) in [5.41, 5.74) is 7.78. The number of nitrogen functional groups attached to an aromatic ring is 1. The van der Waals surface area contributed by atoms with E-state index in [0.717, 1.165) is 11.1 Å². The van der Waals surface area contributed by atoms with Gasteiger partial charge in [0, 0.05) is 59.2 Å². The van der Waals surface area contributed by atoms with Crippen LogP contribution in [-0.2, 0) is 7.05 Å². The molecule has 32 heavy (non-hydrogen) atoms. The number of carbonyl (C=O) groups is 2. The van der Waals surface area contributed by atoms with Gasteiger partial charge in [-0.2, -0.15) is 5.10 Å². The second-order valence-electron chi connectivity index (χ2n) is 7.44. The summed E-state index contributed by atoms with van der Waals surface area (Å²) < 4.78 is 7.78. The SMILES string of the molecule is Cn1cc(-c2cnc(N)c(C(=O)N[C@@H]3CCN(C(=O)Oc4cc(Cl)cc(Br)c4)C3)c2)cn1. The number of nitrogens with two attached hydrogens (primary N) is 1. The second kappa shape index (κ2) is 9.17. The molecule has 1 atom stereocenters. The fourth-order valence-electron chi connectivity index (χ4n) is 3.45. The number of pyridine rings is 1. The molecule has 1 aliphatic rings. The molecule has 2 aromatic heterocycles. The van der Waals surface area contributed by atoms with Gasteiger partial charge in [0.25, 0.3) is 5.91 Å². The minimum absolute atomic E-state index is 0.135. The van der Waals surface area contributed by atoms with E-state index in [-0.39, 0.29) is 23.3 Å². The Kier molecular flexibility index (Phi) is 6.33. The third-order valence-corrected chi connectivity index (χ3v) is 5.70. The minimum Gasteiger partial charge on any atom is -0.410 e. The fraction of sp³-hybridized carbons (Fsp3) is 0.238.